The molecule has 1 fully saturated rings. The van der Waals surface area contributed by atoms with Crippen molar-refractivity contribution in [1.82, 2.24) is 10.2 Å². The van der Waals surface area contributed by atoms with Gasteiger partial charge in [0.2, 0.25) is 6.54 Å². The maximum atomic E-state index is 10.9. The standard InChI is InChI=1S/C8H18N3O/c1-2-11(12)8-7-10-5-3-9-4-6-10/h9H,2-8H2,1H3/q+1. The molecule has 1 saturated heterocycles. The normalized spacial score (nSPS) is 19.4. The largest absolute Gasteiger partial charge is 0.314 e. The first kappa shape index (κ1) is 9.61. The van der Waals surface area contributed by atoms with E-state index in [0.29, 0.717) is 13.1 Å². The fourth-order valence-corrected chi connectivity index (χ4v) is 1.35. The van der Waals surface area contributed by atoms with Gasteiger partial charge in [-0.15, -0.1) is 0 Å². The van der Waals surface area contributed by atoms with Gasteiger partial charge < -0.3 is 5.32 Å². The van der Waals surface area contributed by atoms with E-state index in [1.165, 1.54) is 0 Å². The molecule has 4 heteroatoms. The Bertz CT molecular complexity index is 143. The lowest BCUT2D eigenvalue weighted by molar-refractivity contribution is -0.545. The van der Waals surface area contributed by atoms with Gasteiger partial charge in [-0.05, 0) is 11.7 Å². The van der Waals surface area contributed by atoms with Crippen LogP contribution < -0.4 is 5.32 Å². The number of nitrogens with zero attached hydrogens (tertiary/aromatic N) is 2. The highest BCUT2D eigenvalue weighted by atomic mass is 16.3. The van der Waals surface area contributed by atoms with Crippen LogP contribution in [-0.2, 0) is 0 Å². The lowest BCUT2D eigenvalue weighted by Crippen LogP contribution is -2.45. The molecule has 0 amide bonds. The van der Waals surface area contributed by atoms with Gasteiger partial charge in [0.15, 0.2) is 6.54 Å². The van der Waals surface area contributed by atoms with Gasteiger partial charge in [0, 0.05) is 31.1 Å². The average molecular weight is 172 g/mol. The summed E-state index contributed by atoms with van der Waals surface area (Å²) in [6.45, 7) is 8.34. The molecule has 0 saturated carbocycles. The number of nitrogens with one attached hydrogen (secondary N) is 1. The van der Waals surface area contributed by atoms with Crippen molar-refractivity contribution in [2.45, 2.75) is 6.92 Å². The van der Waals surface area contributed by atoms with E-state index >= 15 is 0 Å². The van der Waals surface area contributed by atoms with Crippen molar-refractivity contribution in [2.24, 2.45) is 0 Å². The lowest BCUT2D eigenvalue weighted by Gasteiger charge is -2.25. The summed E-state index contributed by atoms with van der Waals surface area (Å²) in [5.74, 6) is 0. The van der Waals surface area contributed by atoms with E-state index < -0.39 is 0 Å². The molecule has 70 valence electrons. The van der Waals surface area contributed by atoms with E-state index in [4.69, 9.17) is 0 Å². The van der Waals surface area contributed by atoms with Crippen molar-refractivity contribution in [3.8, 4) is 0 Å². The third-order valence-corrected chi connectivity index (χ3v) is 2.23. The zero-order valence-electron chi connectivity index (χ0n) is 7.75. The van der Waals surface area contributed by atoms with E-state index in [1.54, 1.807) is 0 Å². The van der Waals surface area contributed by atoms with E-state index in [-0.39, 0.29) is 0 Å². The number of hydrogen-bond acceptors (Lipinski definition) is 3. The Kier molecular flexibility index (Phi) is 4.18. The van der Waals surface area contributed by atoms with Gasteiger partial charge in [0.25, 0.3) is 0 Å². The van der Waals surface area contributed by atoms with Gasteiger partial charge in [-0.2, -0.15) is 0 Å². The van der Waals surface area contributed by atoms with Crippen molar-refractivity contribution in [3.63, 3.8) is 0 Å². The Labute approximate surface area is 73.5 Å². The average Bonchev–Trinajstić information content (AvgIpc) is 2.16. The summed E-state index contributed by atoms with van der Waals surface area (Å²) >= 11 is 0. The van der Waals surface area contributed by atoms with Gasteiger partial charge >= 0.3 is 0 Å². The van der Waals surface area contributed by atoms with Crippen LogP contribution in [0.1, 0.15) is 6.92 Å². The Morgan fingerprint density at radius 2 is 2.08 bits per heavy atom. The molecule has 0 bridgehead atoms. The Hall–Kier alpha value is -0.480. The van der Waals surface area contributed by atoms with Crippen LogP contribution in [0.25, 0.3) is 0 Å². The summed E-state index contributed by atoms with van der Waals surface area (Å²) < 4.78 is 1.11. The van der Waals surface area contributed by atoms with Gasteiger partial charge in [-0.3, -0.25) is 4.90 Å². The number of likely N-dealkylation sites (N-methyl/N-ethyl adjacent to an activating group) is 1. The van der Waals surface area contributed by atoms with Crippen LogP contribution >= 0.6 is 0 Å². The van der Waals surface area contributed by atoms with Crippen molar-refractivity contribution in [2.75, 3.05) is 45.8 Å². The quantitative estimate of drug-likeness (QED) is 0.591. The predicted molar refractivity (Wildman–Crippen MR) is 48.3 cm³/mol. The summed E-state index contributed by atoms with van der Waals surface area (Å²) in [5, 5.41) is 3.28. The molecule has 0 radical (unpaired) electrons. The van der Waals surface area contributed by atoms with Crippen LogP contribution in [0.5, 0.6) is 0 Å². The Balaban J connectivity index is 2.09. The van der Waals surface area contributed by atoms with Crippen molar-refractivity contribution in [1.29, 1.82) is 0 Å². The molecule has 1 heterocycles. The van der Waals surface area contributed by atoms with Gasteiger partial charge in [-0.1, -0.05) is 0 Å². The molecule has 12 heavy (non-hydrogen) atoms. The van der Waals surface area contributed by atoms with Crippen LogP contribution in [0.3, 0.4) is 0 Å². The molecule has 0 aromatic heterocycles. The first-order chi connectivity index (χ1) is 5.83. The first-order valence-electron chi connectivity index (χ1n) is 4.68. The van der Waals surface area contributed by atoms with Crippen LogP contribution in [0.15, 0.2) is 0 Å². The Morgan fingerprint density at radius 1 is 1.42 bits per heavy atom. The zero-order valence-corrected chi connectivity index (χ0v) is 7.75. The molecule has 0 aliphatic carbocycles. The van der Waals surface area contributed by atoms with E-state index in [0.717, 1.165) is 37.5 Å². The molecule has 0 aromatic rings. The van der Waals surface area contributed by atoms with Crippen LogP contribution in [0.4, 0.5) is 0 Å². The highest BCUT2D eigenvalue weighted by Gasteiger charge is 2.12. The molecule has 0 atom stereocenters. The minimum Gasteiger partial charge on any atom is -0.314 e. The van der Waals surface area contributed by atoms with Crippen molar-refractivity contribution >= 4 is 0 Å². The molecular formula is C8H18N3O+. The summed E-state index contributed by atoms with van der Waals surface area (Å²) in [4.78, 5) is 13.3. The van der Waals surface area contributed by atoms with Crippen LogP contribution in [0, 0.1) is 4.91 Å². The van der Waals surface area contributed by atoms with E-state index in [9.17, 15) is 4.91 Å². The summed E-state index contributed by atoms with van der Waals surface area (Å²) in [5.41, 5.74) is 0. The van der Waals surface area contributed by atoms with Crippen molar-refractivity contribution in [3.05, 3.63) is 4.91 Å². The molecular weight excluding hydrogens is 154 g/mol. The number of hydrogen-bond donors (Lipinski definition) is 1. The second-order valence-electron chi connectivity index (χ2n) is 3.11. The predicted octanol–water partition coefficient (Wildman–Crippen LogP) is -0.310. The maximum Gasteiger partial charge on any atom is 0.204 e. The highest BCUT2D eigenvalue weighted by Crippen LogP contribution is 1.90. The second kappa shape index (κ2) is 5.22. The maximum absolute atomic E-state index is 10.9. The summed E-state index contributed by atoms with van der Waals surface area (Å²) in [6, 6.07) is 0. The molecule has 0 aromatic carbocycles. The highest BCUT2D eigenvalue weighted by molar-refractivity contribution is 4.66. The van der Waals surface area contributed by atoms with Gasteiger partial charge in [0.1, 0.15) is 0 Å². The zero-order chi connectivity index (χ0) is 8.81. The fraction of sp³-hybridized carbons (Fsp3) is 1.00. The summed E-state index contributed by atoms with van der Waals surface area (Å²) in [7, 11) is 0. The topological polar surface area (TPSA) is 35.4 Å². The minimum atomic E-state index is 0.603. The molecule has 4 nitrogen and oxygen atoms in total. The SMILES string of the molecule is CC[N+](=O)CCN1CCNCC1. The fourth-order valence-electron chi connectivity index (χ4n) is 1.35. The monoisotopic (exact) mass is 172 g/mol. The molecule has 1 N–H and O–H groups in total. The third-order valence-electron chi connectivity index (χ3n) is 2.23. The second-order valence-corrected chi connectivity index (χ2v) is 3.11. The lowest BCUT2D eigenvalue weighted by atomic mass is 10.3. The van der Waals surface area contributed by atoms with E-state index in [1.807, 2.05) is 6.92 Å². The minimum absolute atomic E-state index is 0.603. The first-order valence-corrected chi connectivity index (χ1v) is 4.68. The number of nitroso groups, excluding NO2 is 1. The molecule has 0 unspecified atom stereocenters. The third kappa shape index (κ3) is 3.28. The summed E-state index contributed by atoms with van der Waals surface area (Å²) in [6.07, 6.45) is 0. The number of piperazine rings is 1. The van der Waals surface area contributed by atoms with E-state index in [2.05, 4.69) is 10.2 Å². The van der Waals surface area contributed by atoms with Crippen LogP contribution in [-0.4, -0.2) is 55.5 Å². The van der Waals surface area contributed by atoms with Gasteiger partial charge in [-0.25, -0.2) is 0 Å². The molecule has 1 aliphatic rings. The van der Waals surface area contributed by atoms with Crippen molar-refractivity contribution < 1.29 is 4.76 Å². The number of rotatable bonds is 4. The Morgan fingerprint density at radius 3 is 2.67 bits per heavy atom. The smallest absolute Gasteiger partial charge is 0.204 e. The molecule has 1 aliphatic heterocycles. The van der Waals surface area contributed by atoms with Crippen LogP contribution in [0.2, 0.25) is 0 Å². The molecule has 1 rings (SSSR count). The van der Waals surface area contributed by atoms with Gasteiger partial charge in [0.05, 0.1) is 6.54 Å². The molecule has 0 spiro atoms.